The van der Waals surface area contributed by atoms with Gasteiger partial charge in [-0.2, -0.15) is 5.10 Å². The number of hydrogen-bond donors (Lipinski definition) is 3. The van der Waals surface area contributed by atoms with Gasteiger partial charge in [-0.3, -0.25) is 5.10 Å². The number of hydrogen-bond acceptors (Lipinski definition) is 4. The van der Waals surface area contributed by atoms with E-state index in [-0.39, 0.29) is 16.9 Å². The van der Waals surface area contributed by atoms with E-state index in [9.17, 15) is 8.42 Å². The standard InChI is InChI=1S/C11H20N4O2S/c1-8-11(7-13-14-8)18(16,17)15-10-5-3-2-4-9(10)6-12/h7,9-10,15H,2-6,12H2,1H3,(H,13,14)/t9-,10+/m1/s1. The fourth-order valence-corrected chi connectivity index (χ4v) is 3.99. The number of nitrogens with two attached hydrogens (primary N) is 1. The van der Waals surface area contributed by atoms with Crippen LogP contribution in [-0.2, 0) is 10.0 Å². The van der Waals surface area contributed by atoms with Crippen LogP contribution in [0.5, 0.6) is 0 Å². The third-order valence-electron chi connectivity index (χ3n) is 3.59. The Morgan fingerprint density at radius 1 is 1.50 bits per heavy atom. The number of rotatable bonds is 4. The highest BCUT2D eigenvalue weighted by atomic mass is 32.2. The molecule has 0 saturated heterocycles. The maximum atomic E-state index is 12.2. The molecule has 1 heterocycles. The summed E-state index contributed by atoms with van der Waals surface area (Å²) in [6.07, 6.45) is 5.38. The van der Waals surface area contributed by atoms with Gasteiger partial charge in [0.2, 0.25) is 10.0 Å². The zero-order chi connectivity index (χ0) is 13.2. The first-order valence-electron chi connectivity index (χ1n) is 6.27. The molecule has 1 aliphatic carbocycles. The van der Waals surface area contributed by atoms with Gasteiger partial charge >= 0.3 is 0 Å². The van der Waals surface area contributed by atoms with Crippen molar-refractivity contribution in [1.82, 2.24) is 14.9 Å². The maximum absolute atomic E-state index is 12.2. The van der Waals surface area contributed by atoms with Gasteiger partial charge in [0.1, 0.15) is 4.90 Å². The van der Waals surface area contributed by atoms with Crippen molar-refractivity contribution in [3.05, 3.63) is 11.9 Å². The normalized spacial score (nSPS) is 25.2. The van der Waals surface area contributed by atoms with Gasteiger partial charge < -0.3 is 5.73 Å². The van der Waals surface area contributed by atoms with E-state index >= 15 is 0 Å². The first kappa shape index (κ1) is 13.5. The molecule has 2 rings (SSSR count). The number of nitrogens with zero attached hydrogens (tertiary/aromatic N) is 1. The average Bonchev–Trinajstić information content (AvgIpc) is 2.76. The zero-order valence-electron chi connectivity index (χ0n) is 10.5. The van der Waals surface area contributed by atoms with Crippen LogP contribution < -0.4 is 10.5 Å². The molecule has 1 aliphatic rings. The van der Waals surface area contributed by atoms with Gasteiger partial charge in [-0.1, -0.05) is 12.8 Å². The molecule has 0 aliphatic heterocycles. The SMILES string of the molecule is Cc1[nH]ncc1S(=O)(=O)N[C@H]1CCCC[C@@H]1CN. The maximum Gasteiger partial charge on any atom is 0.244 e. The second-order valence-corrected chi connectivity index (χ2v) is 6.55. The summed E-state index contributed by atoms with van der Waals surface area (Å²) in [5.41, 5.74) is 6.27. The lowest BCUT2D eigenvalue weighted by atomic mass is 9.85. The van der Waals surface area contributed by atoms with E-state index in [2.05, 4.69) is 14.9 Å². The Hall–Kier alpha value is -0.920. The van der Waals surface area contributed by atoms with E-state index < -0.39 is 10.0 Å². The van der Waals surface area contributed by atoms with Crippen LogP contribution in [-0.4, -0.2) is 31.2 Å². The monoisotopic (exact) mass is 272 g/mol. The molecule has 0 radical (unpaired) electrons. The summed E-state index contributed by atoms with van der Waals surface area (Å²) in [7, 11) is -3.49. The molecule has 2 atom stereocenters. The molecule has 0 unspecified atom stereocenters. The highest BCUT2D eigenvalue weighted by Gasteiger charge is 2.29. The number of aryl methyl sites for hydroxylation is 1. The Morgan fingerprint density at radius 2 is 2.22 bits per heavy atom. The van der Waals surface area contributed by atoms with Crippen LogP contribution in [0, 0.1) is 12.8 Å². The molecule has 18 heavy (non-hydrogen) atoms. The van der Waals surface area contributed by atoms with Crippen LogP contribution in [0.2, 0.25) is 0 Å². The Bertz CT molecular complexity index is 497. The lowest BCUT2D eigenvalue weighted by Gasteiger charge is -2.30. The molecular formula is C11H20N4O2S. The zero-order valence-corrected chi connectivity index (χ0v) is 11.3. The minimum absolute atomic E-state index is 0.0527. The third kappa shape index (κ3) is 2.73. The minimum Gasteiger partial charge on any atom is -0.330 e. The second kappa shape index (κ2) is 5.38. The van der Waals surface area contributed by atoms with E-state index in [0.29, 0.717) is 12.2 Å². The fraction of sp³-hybridized carbons (Fsp3) is 0.727. The topological polar surface area (TPSA) is 101 Å². The van der Waals surface area contributed by atoms with Gasteiger partial charge in [-0.05, 0) is 32.2 Å². The number of aromatic nitrogens is 2. The molecular weight excluding hydrogens is 252 g/mol. The Labute approximate surface area is 107 Å². The van der Waals surface area contributed by atoms with Crippen LogP contribution >= 0.6 is 0 Å². The molecule has 1 aromatic rings. The van der Waals surface area contributed by atoms with E-state index in [1.165, 1.54) is 6.20 Å². The second-order valence-electron chi connectivity index (χ2n) is 4.87. The van der Waals surface area contributed by atoms with E-state index in [1.54, 1.807) is 6.92 Å². The summed E-state index contributed by atoms with van der Waals surface area (Å²) >= 11 is 0. The quantitative estimate of drug-likeness (QED) is 0.743. The lowest BCUT2D eigenvalue weighted by molar-refractivity contribution is 0.296. The first-order chi connectivity index (χ1) is 8.54. The smallest absolute Gasteiger partial charge is 0.244 e. The van der Waals surface area contributed by atoms with Crippen molar-refractivity contribution in [2.24, 2.45) is 11.7 Å². The third-order valence-corrected chi connectivity index (χ3v) is 5.20. The van der Waals surface area contributed by atoms with Gasteiger partial charge in [0.25, 0.3) is 0 Å². The van der Waals surface area contributed by atoms with Crippen molar-refractivity contribution in [1.29, 1.82) is 0 Å². The van der Waals surface area contributed by atoms with Crippen LogP contribution in [0.25, 0.3) is 0 Å². The molecule has 102 valence electrons. The van der Waals surface area contributed by atoms with Gasteiger partial charge in [-0.15, -0.1) is 0 Å². The Kier molecular flexibility index (Phi) is 4.04. The molecule has 0 aromatic carbocycles. The molecule has 0 amide bonds. The Balaban J connectivity index is 2.15. The summed E-state index contributed by atoms with van der Waals surface area (Å²) in [6, 6.07) is -0.0527. The van der Waals surface area contributed by atoms with Crippen molar-refractivity contribution < 1.29 is 8.42 Å². The fourth-order valence-electron chi connectivity index (χ4n) is 2.52. The van der Waals surface area contributed by atoms with E-state index in [4.69, 9.17) is 5.73 Å². The minimum atomic E-state index is -3.49. The van der Waals surface area contributed by atoms with Crippen molar-refractivity contribution in [3.8, 4) is 0 Å². The number of nitrogens with one attached hydrogen (secondary N) is 2. The molecule has 1 aromatic heterocycles. The highest BCUT2D eigenvalue weighted by molar-refractivity contribution is 7.89. The van der Waals surface area contributed by atoms with Crippen molar-refractivity contribution in [2.75, 3.05) is 6.54 Å². The van der Waals surface area contributed by atoms with Gasteiger partial charge in [0.05, 0.1) is 11.9 Å². The highest BCUT2D eigenvalue weighted by Crippen LogP contribution is 2.25. The van der Waals surface area contributed by atoms with Crippen LogP contribution in [0.1, 0.15) is 31.4 Å². The summed E-state index contributed by atoms with van der Waals surface area (Å²) in [4.78, 5) is 0.226. The Morgan fingerprint density at radius 3 is 2.83 bits per heavy atom. The number of sulfonamides is 1. The molecule has 1 fully saturated rings. The molecule has 6 nitrogen and oxygen atoms in total. The van der Waals surface area contributed by atoms with Crippen LogP contribution in [0.3, 0.4) is 0 Å². The summed E-state index contributed by atoms with van der Waals surface area (Å²) < 4.78 is 27.2. The summed E-state index contributed by atoms with van der Waals surface area (Å²) in [5.74, 6) is 0.237. The van der Waals surface area contributed by atoms with Crippen molar-refractivity contribution >= 4 is 10.0 Å². The predicted molar refractivity (Wildman–Crippen MR) is 68.4 cm³/mol. The molecule has 0 bridgehead atoms. The predicted octanol–water partition coefficient (Wildman–Crippen LogP) is 0.514. The number of aromatic amines is 1. The average molecular weight is 272 g/mol. The van der Waals surface area contributed by atoms with Crippen molar-refractivity contribution in [3.63, 3.8) is 0 Å². The number of H-pyrrole nitrogens is 1. The summed E-state index contributed by atoms with van der Waals surface area (Å²) in [5, 5.41) is 6.39. The summed E-state index contributed by atoms with van der Waals surface area (Å²) in [6.45, 7) is 2.22. The van der Waals surface area contributed by atoms with Crippen LogP contribution in [0.4, 0.5) is 0 Å². The van der Waals surface area contributed by atoms with Gasteiger partial charge in [-0.25, -0.2) is 13.1 Å². The van der Waals surface area contributed by atoms with Crippen LogP contribution in [0.15, 0.2) is 11.1 Å². The van der Waals surface area contributed by atoms with Crippen molar-refractivity contribution in [2.45, 2.75) is 43.5 Å². The molecule has 1 saturated carbocycles. The van der Waals surface area contributed by atoms with Gasteiger partial charge in [0.15, 0.2) is 0 Å². The molecule has 7 heteroatoms. The first-order valence-corrected chi connectivity index (χ1v) is 7.75. The lowest BCUT2D eigenvalue weighted by Crippen LogP contribution is -2.44. The molecule has 4 N–H and O–H groups in total. The largest absolute Gasteiger partial charge is 0.330 e. The molecule has 0 spiro atoms. The van der Waals surface area contributed by atoms with Gasteiger partial charge in [0, 0.05) is 6.04 Å². The van der Waals surface area contributed by atoms with E-state index in [0.717, 1.165) is 25.7 Å². The van der Waals surface area contributed by atoms with E-state index in [1.807, 2.05) is 0 Å².